The summed E-state index contributed by atoms with van der Waals surface area (Å²) in [6, 6.07) is 5.10. The van der Waals surface area contributed by atoms with Gasteiger partial charge in [-0.1, -0.05) is 19.1 Å². The van der Waals surface area contributed by atoms with Crippen LogP contribution in [0.4, 0.5) is 0 Å². The van der Waals surface area contributed by atoms with Crippen LogP contribution in [0.5, 0.6) is 0 Å². The molecule has 0 fully saturated rings. The molecule has 5 heteroatoms. The fourth-order valence-electron chi connectivity index (χ4n) is 1.28. The summed E-state index contributed by atoms with van der Waals surface area (Å²) in [5.74, 6) is 0. The van der Waals surface area contributed by atoms with Gasteiger partial charge in [-0.3, -0.25) is 0 Å². The van der Waals surface area contributed by atoms with Crippen molar-refractivity contribution in [2.24, 2.45) is 10.9 Å². The first kappa shape index (κ1) is 11.2. The van der Waals surface area contributed by atoms with Crippen molar-refractivity contribution in [3.05, 3.63) is 29.3 Å². The first-order valence-corrected chi connectivity index (χ1v) is 5.88. The van der Waals surface area contributed by atoms with Gasteiger partial charge in [0, 0.05) is 6.54 Å². The molecule has 0 unspecified atom stereocenters. The van der Waals surface area contributed by atoms with Crippen LogP contribution in [0.2, 0.25) is 0 Å². The fourth-order valence-corrected chi connectivity index (χ4v) is 2.18. The van der Waals surface area contributed by atoms with Crippen molar-refractivity contribution in [3.8, 4) is 0 Å². The Balaban J connectivity index is 3.37. The standard InChI is InChI=1S/C9H14N2O2S/c1-2-8-4-3-7(6-10)5-9(8)14(11,12)13/h3-5H,2,6,10H2,1H3,(H2,11,12,13). The molecule has 0 saturated heterocycles. The maximum atomic E-state index is 11.2. The van der Waals surface area contributed by atoms with Crippen molar-refractivity contribution >= 4 is 10.0 Å². The monoisotopic (exact) mass is 214 g/mol. The summed E-state index contributed by atoms with van der Waals surface area (Å²) in [7, 11) is -3.63. The summed E-state index contributed by atoms with van der Waals surface area (Å²) in [5.41, 5.74) is 6.91. The lowest BCUT2D eigenvalue weighted by molar-refractivity contribution is 0.596. The quantitative estimate of drug-likeness (QED) is 0.761. The van der Waals surface area contributed by atoms with Crippen molar-refractivity contribution in [2.75, 3.05) is 0 Å². The van der Waals surface area contributed by atoms with Crippen molar-refractivity contribution in [1.29, 1.82) is 0 Å². The van der Waals surface area contributed by atoms with Gasteiger partial charge < -0.3 is 5.73 Å². The van der Waals surface area contributed by atoms with Gasteiger partial charge in [0.05, 0.1) is 4.90 Å². The molecule has 1 aromatic rings. The lowest BCUT2D eigenvalue weighted by Gasteiger charge is -2.07. The van der Waals surface area contributed by atoms with Crippen molar-refractivity contribution < 1.29 is 8.42 Å². The van der Waals surface area contributed by atoms with E-state index in [1.54, 1.807) is 6.07 Å². The van der Waals surface area contributed by atoms with E-state index in [-0.39, 0.29) is 4.90 Å². The van der Waals surface area contributed by atoms with Crippen LogP contribution in [0, 0.1) is 0 Å². The van der Waals surface area contributed by atoms with Crippen LogP contribution in [-0.4, -0.2) is 8.42 Å². The number of benzene rings is 1. The average Bonchev–Trinajstić information content (AvgIpc) is 2.15. The molecular formula is C9H14N2O2S. The third-order valence-electron chi connectivity index (χ3n) is 2.05. The van der Waals surface area contributed by atoms with E-state index in [1.165, 1.54) is 6.07 Å². The topological polar surface area (TPSA) is 86.2 Å². The van der Waals surface area contributed by atoms with E-state index in [2.05, 4.69) is 0 Å². The van der Waals surface area contributed by atoms with Gasteiger partial charge in [0.2, 0.25) is 10.0 Å². The van der Waals surface area contributed by atoms with Gasteiger partial charge in [0.25, 0.3) is 0 Å². The molecule has 4 nitrogen and oxygen atoms in total. The normalized spacial score (nSPS) is 11.6. The Morgan fingerprint density at radius 2 is 2.00 bits per heavy atom. The molecule has 0 radical (unpaired) electrons. The zero-order valence-corrected chi connectivity index (χ0v) is 8.84. The molecule has 78 valence electrons. The molecule has 4 N–H and O–H groups in total. The molecule has 1 aromatic carbocycles. The summed E-state index contributed by atoms with van der Waals surface area (Å²) >= 11 is 0. The molecule has 0 saturated carbocycles. The van der Waals surface area contributed by atoms with E-state index in [9.17, 15) is 8.42 Å². The number of rotatable bonds is 3. The summed E-state index contributed by atoms with van der Waals surface area (Å²) in [6.07, 6.45) is 0.636. The molecule has 0 aliphatic carbocycles. The minimum atomic E-state index is -3.63. The van der Waals surface area contributed by atoms with E-state index < -0.39 is 10.0 Å². The molecule has 0 aliphatic heterocycles. The minimum absolute atomic E-state index is 0.183. The van der Waals surface area contributed by atoms with E-state index in [0.717, 1.165) is 11.1 Å². The molecule has 1 rings (SSSR count). The first-order chi connectivity index (χ1) is 6.49. The Hall–Kier alpha value is -0.910. The zero-order valence-electron chi connectivity index (χ0n) is 8.03. The SMILES string of the molecule is CCc1ccc(CN)cc1S(N)(=O)=O. The predicted molar refractivity (Wildman–Crippen MR) is 55.1 cm³/mol. The molecule has 14 heavy (non-hydrogen) atoms. The smallest absolute Gasteiger partial charge is 0.238 e. The lowest BCUT2D eigenvalue weighted by atomic mass is 10.1. The lowest BCUT2D eigenvalue weighted by Crippen LogP contribution is -2.15. The van der Waals surface area contributed by atoms with Crippen LogP contribution in [0.25, 0.3) is 0 Å². The molecule has 0 atom stereocenters. The molecular weight excluding hydrogens is 200 g/mol. The van der Waals surface area contributed by atoms with Gasteiger partial charge in [-0.15, -0.1) is 0 Å². The summed E-state index contributed by atoms with van der Waals surface area (Å²) in [5, 5.41) is 5.09. The highest BCUT2D eigenvalue weighted by atomic mass is 32.2. The van der Waals surface area contributed by atoms with Crippen LogP contribution in [-0.2, 0) is 23.0 Å². The van der Waals surface area contributed by atoms with Gasteiger partial charge in [-0.05, 0) is 23.6 Å². The van der Waals surface area contributed by atoms with E-state index >= 15 is 0 Å². The number of aryl methyl sites for hydroxylation is 1. The van der Waals surface area contributed by atoms with E-state index in [1.807, 2.05) is 13.0 Å². The van der Waals surface area contributed by atoms with Crippen LogP contribution < -0.4 is 10.9 Å². The van der Waals surface area contributed by atoms with Crippen LogP contribution >= 0.6 is 0 Å². The summed E-state index contributed by atoms with van der Waals surface area (Å²) in [6.45, 7) is 2.19. The average molecular weight is 214 g/mol. The van der Waals surface area contributed by atoms with Gasteiger partial charge in [0.1, 0.15) is 0 Å². The van der Waals surface area contributed by atoms with E-state index in [4.69, 9.17) is 10.9 Å². The highest BCUT2D eigenvalue weighted by Gasteiger charge is 2.12. The maximum Gasteiger partial charge on any atom is 0.238 e. The summed E-state index contributed by atoms with van der Waals surface area (Å²) in [4.78, 5) is 0.183. The Kier molecular flexibility index (Phi) is 3.25. The molecule has 0 aliphatic rings. The first-order valence-electron chi connectivity index (χ1n) is 4.33. The van der Waals surface area contributed by atoms with Crippen molar-refractivity contribution in [1.82, 2.24) is 0 Å². The highest BCUT2D eigenvalue weighted by Crippen LogP contribution is 2.16. The minimum Gasteiger partial charge on any atom is -0.326 e. The van der Waals surface area contributed by atoms with Gasteiger partial charge in [0.15, 0.2) is 0 Å². The van der Waals surface area contributed by atoms with Crippen LogP contribution in [0.15, 0.2) is 23.1 Å². The van der Waals surface area contributed by atoms with Crippen LogP contribution in [0.3, 0.4) is 0 Å². The number of primary sulfonamides is 1. The second-order valence-electron chi connectivity index (χ2n) is 3.04. The maximum absolute atomic E-state index is 11.2. The van der Waals surface area contributed by atoms with Crippen molar-refractivity contribution in [2.45, 2.75) is 24.8 Å². The Labute approximate surface area is 84.0 Å². The third kappa shape index (κ3) is 2.31. The molecule has 0 heterocycles. The number of nitrogens with two attached hydrogens (primary N) is 2. The molecule has 0 spiro atoms. The second-order valence-corrected chi connectivity index (χ2v) is 4.57. The third-order valence-corrected chi connectivity index (χ3v) is 3.05. The number of hydrogen-bond acceptors (Lipinski definition) is 3. The van der Waals surface area contributed by atoms with Gasteiger partial charge >= 0.3 is 0 Å². The Morgan fingerprint density at radius 1 is 1.36 bits per heavy atom. The van der Waals surface area contributed by atoms with Crippen LogP contribution in [0.1, 0.15) is 18.1 Å². The predicted octanol–water partition coefficient (Wildman–Crippen LogP) is 0.355. The molecule has 0 aromatic heterocycles. The Bertz CT molecular complexity index is 426. The van der Waals surface area contributed by atoms with E-state index in [0.29, 0.717) is 13.0 Å². The zero-order chi connectivity index (χ0) is 10.8. The van der Waals surface area contributed by atoms with Gasteiger partial charge in [-0.25, -0.2) is 13.6 Å². The van der Waals surface area contributed by atoms with Gasteiger partial charge in [-0.2, -0.15) is 0 Å². The number of sulfonamides is 1. The second kappa shape index (κ2) is 4.08. The highest BCUT2D eigenvalue weighted by molar-refractivity contribution is 7.89. The molecule has 0 amide bonds. The fraction of sp³-hybridized carbons (Fsp3) is 0.333. The Morgan fingerprint density at radius 3 is 2.43 bits per heavy atom. The summed E-state index contributed by atoms with van der Waals surface area (Å²) < 4.78 is 22.4. The largest absolute Gasteiger partial charge is 0.326 e. The van der Waals surface area contributed by atoms with Crippen molar-refractivity contribution in [3.63, 3.8) is 0 Å². The molecule has 0 bridgehead atoms. The number of hydrogen-bond donors (Lipinski definition) is 2.